The first-order valence-corrected chi connectivity index (χ1v) is 6.75. The first-order valence-electron chi connectivity index (χ1n) is 6.75. The minimum Gasteiger partial charge on any atom is -0.383 e. The molecule has 2 saturated carbocycles. The van der Waals surface area contributed by atoms with Crippen molar-refractivity contribution in [1.82, 2.24) is 4.90 Å². The summed E-state index contributed by atoms with van der Waals surface area (Å²) in [7, 11) is 1.78. The van der Waals surface area contributed by atoms with Gasteiger partial charge in [0.15, 0.2) is 0 Å². The Labute approximate surface area is 99.3 Å². The van der Waals surface area contributed by atoms with Crippen LogP contribution in [0.25, 0.3) is 0 Å². The second-order valence-corrected chi connectivity index (χ2v) is 5.62. The lowest BCUT2D eigenvalue weighted by Gasteiger charge is -2.38. The molecule has 2 N–H and O–H groups in total. The zero-order valence-corrected chi connectivity index (χ0v) is 10.6. The quantitative estimate of drug-likeness (QED) is 0.750. The van der Waals surface area contributed by atoms with E-state index in [1.807, 2.05) is 0 Å². The molecule has 16 heavy (non-hydrogen) atoms. The predicted molar refractivity (Wildman–Crippen MR) is 66.5 cm³/mol. The molecule has 0 radical (unpaired) electrons. The number of methoxy groups -OCH3 is 1. The third-order valence-electron chi connectivity index (χ3n) is 4.01. The molecule has 2 aliphatic rings. The Morgan fingerprint density at radius 2 is 1.94 bits per heavy atom. The Bertz CT molecular complexity index is 210. The van der Waals surface area contributed by atoms with Gasteiger partial charge in [0.05, 0.1) is 6.61 Å². The van der Waals surface area contributed by atoms with Gasteiger partial charge < -0.3 is 10.5 Å². The summed E-state index contributed by atoms with van der Waals surface area (Å²) in [5, 5.41) is 0. The van der Waals surface area contributed by atoms with Gasteiger partial charge in [0.2, 0.25) is 0 Å². The van der Waals surface area contributed by atoms with E-state index in [1.54, 1.807) is 7.11 Å². The van der Waals surface area contributed by atoms with Gasteiger partial charge in [-0.25, -0.2) is 0 Å². The van der Waals surface area contributed by atoms with Gasteiger partial charge in [-0.1, -0.05) is 19.3 Å². The molecule has 0 bridgehead atoms. The van der Waals surface area contributed by atoms with Crippen molar-refractivity contribution in [3.8, 4) is 0 Å². The van der Waals surface area contributed by atoms with Crippen LogP contribution in [0, 0.1) is 0 Å². The lowest BCUT2D eigenvalue weighted by molar-refractivity contribution is 0.114. The highest BCUT2D eigenvalue weighted by Gasteiger charge is 2.35. The molecule has 0 aromatic heterocycles. The Morgan fingerprint density at radius 3 is 2.50 bits per heavy atom. The van der Waals surface area contributed by atoms with E-state index < -0.39 is 0 Å². The number of hydrogen-bond donors (Lipinski definition) is 1. The minimum absolute atomic E-state index is 0.0918. The van der Waals surface area contributed by atoms with Crippen molar-refractivity contribution < 1.29 is 4.74 Å². The fraction of sp³-hybridized carbons (Fsp3) is 1.00. The molecular formula is C13H26N2O. The fourth-order valence-electron chi connectivity index (χ4n) is 2.86. The van der Waals surface area contributed by atoms with Crippen LogP contribution in [0.4, 0.5) is 0 Å². The third-order valence-corrected chi connectivity index (χ3v) is 4.01. The van der Waals surface area contributed by atoms with Crippen molar-refractivity contribution in [3.05, 3.63) is 0 Å². The lowest BCUT2D eigenvalue weighted by atomic mass is 9.82. The fourth-order valence-corrected chi connectivity index (χ4v) is 2.86. The van der Waals surface area contributed by atoms with Crippen LogP contribution in [0.15, 0.2) is 0 Å². The molecule has 3 nitrogen and oxygen atoms in total. The van der Waals surface area contributed by atoms with Crippen LogP contribution in [-0.2, 0) is 4.74 Å². The van der Waals surface area contributed by atoms with E-state index in [0.717, 1.165) is 25.7 Å². The summed E-state index contributed by atoms with van der Waals surface area (Å²) in [5.74, 6) is 0. The summed E-state index contributed by atoms with van der Waals surface area (Å²) < 4.78 is 5.19. The average molecular weight is 226 g/mol. The van der Waals surface area contributed by atoms with Crippen LogP contribution in [0.5, 0.6) is 0 Å². The molecule has 0 aromatic carbocycles. The summed E-state index contributed by atoms with van der Waals surface area (Å²) in [6.07, 6.45) is 9.16. The van der Waals surface area contributed by atoms with Gasteiger partial charge in [-0.3, -0.25) is 4.90 Å². The van der Waals surface area contributed by atoms with E-state index in [4.69, 9.17) is 10.5 Å². The molecule has 0 atom stereocenters. The standard InChI is InChI=1S/C13H26N2O/c1-16-10-9-15(12-5-6-12)11-13(14)7-3-2-4-8-13/h12H,2-11,14H2,1H3. The Hall–Kier alpha value is -0.120. The van der Waals surface area contributed by atoms with Crippen molar-refractivity contribution in [2.45, 2.75) is 56.5 Å². The number of ether oxygens (including phenoxy) is 1. The molecule has 2 rings (SSSR count). The number of hydrogen-bond acceptors (Lipinski definition) is 3. The van der Waals surface area contributed by atoms with Crippen molar-refractivity contribution >= 4 is 0 Å². The van der Waals surface area contributed by atoms with E-state index in [0.29, 0.717) is 0 Å². The molecular weight excluding hydrogens is 200 g/mol. The molecule has 0 spiro atoms. The summed E-state index contributed by atoms with van der Waals surface area (Å²) in [6.45, 7) is 2.98. The number of nitrogens with two attached hydrogens (primary N) is 1. The Morgan fingerprint density at radius 1 is 1.25 bits per heavy atom. The van der Waals surface area contributed by atoms with Gasteiger partial charge in [0, 0.05) is 31.8 Å². The highest BCUT2D eigenvalue weighted by Crippen LogP contribution is 2.32. The van der Waals surface area contributed by atoms with Crippen molar-refractivity contribution in [2.75, 3.05) is 26.8 Å². The van der Waals surface area contributed by atoms with E-state index in [-0.39, 0.29) is 5.54 Å². The van der Waals surface area contributed by atoms with Gasteiger partial charge in [-0.15, -0.1) is 0 Å². The molecule has 0 saturated heterocycles. The van der Waals surface area contributed by atoms with Gasteiger partial charge in [0.1, 0.15) is 0 Å². The molecule has 94 valence electrons. The van der Waals surface area contributed by atoms with E-state index in [2.05, 4.69) is 4.90 Å². The molecule has 0 aromatic rings. The van der Waals surface area contributed by atoms with Crippen LogP contribution in [0.2, 0.25) is 0 Å². The molecule has 3 heteroatoms. The summed E-state index contributed by atoms with van der Waals surface area (Å²) in [5.41, 5.74) is 6.61. The molecule has 2 fully saturated rings. The molecule has 0 aliphatic heterocycles. The first kappa shape index (κ1) is 12.3. The van der Waals surface area contributed by atoms with Crippen LogP contribution >= 0.6 is 0 Å². The lowest BCUT2D eigenvalue weighted by Crippen LogP contribution is -2.52. The zero-order valence-electron chi connectivity index (χ0n) is 10.6. The van der Waals surface area contributed by atoms with Crippen LogP contribution in [-0.4, -0.2) is 43.3 Å². The molecule has 0 heterocycles. The van der Waals surface area contributed by atoms with E-state index in [1.165, 1.54) is 44.9 Å². The third kappa shape index (κ3) is 3.44. The highest BCUT2D eigenvalue weighted by atomic mass is 16.5. The maximum absolute atomic E-state index is 6.51. The predicted octanol–water partition coefficient (Wildman–Crippen LogP) is 1.76. The van der Waals surface area contributed by atoms with Crippen LogP contribution in [0.3, 0.4) is 0 Å². The van der Waals surface area contributed by atoms with Crippen molar-refractivity contribution in [1.29, 1.82) is 0 Å². The Balaban J connectivity index is 1.83. The Kier molecular flexibility index (Phi) is 4.22. The highest BCUT2D eigenvalue weighted by molar-refractivity contribution is 4.94. The van der Waals surface area contributed by atoms with Crippen LogP contribution in [0.1, 0.15) is 44.9 Å². The minimum atomic E-state index is 0.0918. The summed E-state index contributed by atoms with van der Waals surface area (Å²) >= 11 is 0. The van der Waals surface area contributed by atoms with Gasteiger partial charge in [-0.2, -0.15) is 0 Å². The molecule has 0 unspecified atom stereocenters. The second-order valence-electron chi connectivity index (χ2n) is 5.62. The van der Waals surface area contributed by atoms with E-state index >= 15 is 0 Å². The van der Waals surface area contributed by atoms with Gasteiger partial charge >= 0.3 is 0 Å². The summed E-state index contributed by atoms with van der Waals surface area (Å²) in [4.78, 5) is 2.56. The van der Waals surface area contributed by atoms with Crippen molar-refractivity contribution in [3.63, 3.8) is 0 Å². The van der Waals surface area contributed by atoms with Gasteiger partial charge in [0.25, 0.3) is 0 Å². The summed E-state index contributed by atoms with van der Waals surface area (Å²) in [6, 6.07) is 0.803. The smallest absolute Gasteiger partial charge is 0.0589 e. The monoisotopic (exact) mass is 226 g/mol. The second kappa shape index (κ2) is 5.48. The van der Waals surface area contributed by atoms with Crippen molar-refractivity contribution in [2.24, 2.45) is 5.73 Å². The van der Waals surface area contributed by atoms with Gasteiger partial charge in [-0.05, 0) is 25.7 Å². The average Bonchev–Trinajstić information content (AvgIpc) is 3.09. The first-order chi connectivity index (χ1) is 7.73. The topological polar surface area (TPSA) is 38.5 Å². The number of rotatable bonds is 6. The SMILES string of the molecule is COCCN(CC1(N)CCCCC1)C1CC1. The zero-order chi connectivity index (χ0) is 11.4. The molecule has 2 aliphatic carbocycles. The molecule has 0 amide bonds. The number of nitrogens with zero attached hydrogens (tertiary/aromatic N) is 1. The largest absolute Gasteiger partial charge is 0.383 e. The maximum Gasteiger partial charge on any atom is 0.0589 e. The normalized spacial score (nSPS) is 24.9. The maximum atomic E-state index is 6.51. The van der Waals surface area contributed by atoms with E-state index in [9.17, 15) is 0 Å². The van der Waals surface area contributed by atoms with Crippen LogP contribution < -0.4 is 5.73 Å².